The topological polar surface area (TPSA) is 37.2 Å². The van der Waals surface area contributed by atoms with Crippen molar-refractivity contribution in [2.75, 3.05) is 11.9 Å². The second-order valence-corrected chi connectivity index (χ2v) is 8.16. The molecule has 0 fully saturated rings. The number of rotatable bonds is 5. The number of halogens is 2. The van der Waals surface area contributed by atoms with Crippen molar-refractivity contribution in [3.8, 4) is 0 Å². The van der Waals surface area contributed by atoms with Crippen molar-refractivity contribution in [3.63, 3.8) is 0 Å². The Morgan fingerprint density at radius 3 is 2.11 bits per heavy atom. The number of anilines is 1. The van der Waals surface area contributed by atoms with E-state index >= 15 is 0 Å². The molecule has 144 valence electrons. The van der Waals surface area contributed by atoms with Gasteiger partial charge in [0.05, 0.1) is 12.6 Å². The molecule has 4 rings (SSSR count). The van der Waals surface area contributed by atoms with Crippen LogP contribution >= 0.6 is 23.2 Å². The molecule has 0 amide bonds. The van der Waals surface area contributed by atoms with Gasteiger partial charge in [-0.2, -0.15) is 0 Å². The van der Waals surface area contributed by atoms with Crippen molar-refractivity contribution < 1.29 is 5.11 Å². The van der Waals surface area contributed by atoms with Crippen LogP contribution in [0.25, 0.3) is 21.8 Å². The maximum absolute atomic E-state index is 10.7. The average molecular weight is 413 g/mol. The first kappa shape index (κ1) is 19.1. The molecule has 1 atom stereocenters. The van der Waals surface area contributed by atoms with E-state index in [1.807, 2.05) is 36.4 Å². The molecule has 3 aromatic carbocycles. The Morgan fingerprint density at radius 2 is 1.50 bits per heavy atom. The lowest BCUT2D eigenvalue weighted by Gasteiger charge is -2.17. The predicted octanol–water partition coefficient (Wildman–Crippen LogP) is 6.19. The lowest BCUT2D eigenvalue weighted by atomic mass is 10.1. The van der Waals surface area contributed by atoms with Crippen LogP contribution in [0.4, 0.5) is 5.69 Å². The fourth-order valence-electron chi connectivity index (χ4n) is 3.67. The molecule has 0 radical (unpaired) electrons. The van der Waals surface area contributed by atoms with Crippen molar-refractivity contribution in [2.45, 2.75) is 26.5 Å². The molecule has 0 saturated carbocycles. The molecule has 4 aromatic rings. The van der Waals surface area contributed by atoms with E-state index in [0.717, 1.165) is 27.5 Å². The molecule has 1 heterocycles. The van der Waals surface area contributed by atoms with Crippen molar-refractivity contribution in [3.05, 3.63) is 75.8 Å². The van der Waals surface area contributed by atoms with Crippen molar-refractivity contribution in [2.24, 2.45) is 0 Å². The van der Waals surface area contributed by atoms with Crippen LogP contribution in [-0.2, 0) is 6.54 Å². The van der Waals surface area contributed by atoms with E-state index in [4.69, 9.17) is 23.2 Å². The highest BCUT2D eigenvalue weighted by atomic mass is 35.5. The molecular formula is C23H22Cl2N2O. The Hall–Kier alpha value is -2.20. The maximum Gasteiger partial charge on any atom is 0.0891 e. The van der Waals surface area contributed by atoms with Gasteiger partial charge >= 0.3 is 0 Å². The van der Waals surface area contributed by atoms with Gasteiger partial charge in [-0.25, -0.2) is 0 Å². The third kappa shape index (κ3) is 3.70. The number of aryl methyl sites for hydroxylation is 2. The summed E-state index contributed by atoms with van der Waals surface area (Å²) in [5.74, 6) is 0. The van der Waals surface area contributed by atoms with Crippen LogP contribution in [0, 0.1) is 13.8 Å². The standard InChI is InChI=1S/C23H22Cl2N2O/c1-14-3-4-15(2)21(9-14)26-12-18(28)13-27-22-7-5-16(24)10-19(22)20-11-17(25)6-8-23(20)27/h3-11,18,26,28H,12-13H2,1-2H3. The van der Waals surface area contributed by atoms with Gasteiger partial charge in [0, 0.05) is 44.1 Å². The third-order valence-electron chi connectivity index (χ3n) is 5.10. The molecule has 0 aliphatic rings. The summed E-state index contributed by atoms with van der Waals surface area (Å²) in [4.78, 5) is 0. The normalized spacial score (nSPS) is 12.6. The number of fused-ring (bicyclic) bond motifs is 3. The minimum absolute atomic E-state index is 0.465. The van der Waals surface area contributed by atoms with Gasteiger partial charge in [0.25, 0.3) is 0 Å². The van der Waals surface area contributed by atoms with E-state index in [1.54, 1.807) is 0 Å². The molecule has 0 aliphatic heterocycles. The van der Waals surface area contributed by atoms with E-state index < -0.39 is 6.10 Å². The number of aliphatic hydroxyl groups excluding tert-OH is 1. The first-order valence-corrected chi connectivity index (χ1v) is 10.0. The smallest absolute Gasteiger partial charge is 0.0891 e. The average Bonchev–Trinajstić information content (AvgIpc) is 2.95. The number of aromatic nitrogens is 1. The zero-order valence-electron chi connectivity index (χ0n) is 15.8. The van der Waals surface area contributed by atoms with Crippen molar-refractivity contribution >= 4 is 50.7 Å². The molecular weight excluding hydrogens is 391 g/mol. The van der Waals surface area contributed by atoms with Crippen molar-refractivity contribution in [1.82, 2.24) is 4.57 Å². The summed E-state index contributed by atoms with van der Waals surface area (Å²) in [6, 6.07) is 17.9. The molecule has 1 unspecified atom stereocenters. The summed E-state index contributed by atoms with van der Waals surface area (Å²) >= 11 is 12.4. The Morgan fingerprint density at radius 1 is 0.893 bits per heavy atom. The Kier molecular flexibility index (Phi) is 5.24. The summed E-state index contributed by atoms with van der Waals surface area (Å²) in [5.41, 5.74) is 5.48. The van der Waals surface area contributed by atoms with E-state index in [1.165, 1.54) is 11.1 Å². The van der Waals surface area contributed by atoms with E-state index in [-0.39, 0.29) is 0 Å². The molecule has 0 bridgehead atoms. The van der Waals surface area contributed by atoms with Gasteiger partial charge in [-0.3, -0.25) is 0 Å². The van der Waals surface area contributed by atoms with E-state index in [9.17, 15) is 5.11 Å². The predicted molar refractivity (Wildman–Crippen MR) is 120 cm³/mol. The number of hydrogen-bond acceptors (Lipinski definition) is 2. The van der Waals surface area contributed by atoms with Gasteiger partial charge in [-0.1, -0.05) is 35.3 Å². The Balaban J connectivity index is 1.64. The number of nitrogens with one attached hydrogen (secondary N) is 1. The van der Waals surface area contributed by atoms with Gasteiger partial charge in [-0.05, 0) is 67.4 Å². The summed E-state index contributed by atoms with van der Waals surface area (Å²) < 4.78 is 2.13. The first-order valence-electron chi connectivity index (χ1n) is 9.28. The Labute approximate surface area is 174 Å². The van der Waals surface area contributed by atoms with Crippen LogP contribution in [0.3, 0.4) is 0 Å². The first-order chi connectivity index (χ1) is 13.4. The number of aliphatic hydroxyl groups is 1. The summed E-state index contributed by atoms with van der Waals surface area (Å²) in [5, 5.41) is 17.6. The summed E-state index contributed by atoms with van der Waals surface area (Å²) in [7, 11) is 0. The second kappa shape index (κ2) is 7.67. The van der Waals surface area contributed by atoms with Gasteiger partial charge in [0.2, 0.25) is 0 Å². The summed E-state index contributed by atoms with van der Waals surface area (Å²) in [6.45, 7) is 5.07. The largest absolute Gasteiger partial charge is 0.389 e. The van der Waals surface area contributed by atoms with Crippen LogP contribution in [0.1, 0.15) is 11.1 Å². The lowest BCUT2D eigenvalue weighted by Crippen LogP contribution is -2.25. The summed E-state index contributed by atoms with van der Waals surface area (Å²) in [6.07, 6.45) is -0.551. The molecule has 0 aliphatic carbocycles. The molecule has 0 spiro atoms. The van der Waals surface area contributed by atoms with Crippen LogP contribution in [0.5, 0.6) is 0 Å². The number of benzene rings is 3. The fourth-order valence-corrected chi connectivity index (χ4v) is 4.02. The highest BCUT2D eigenvalue weighted by molar-refractivity contribution is 6.33. The Bertz CT molecular complexity index is 1110. The fraction of sp³-hybridized carbons (Fsp3) is 0.217. The lowest BCUT2D eigenvalue weighted by molar-refractivity contribution is 0.169. The molecule has 28 heavy (non-hydrogen) atoms. The molecule has 1 aromatic heterocycles. The third-order valence-corrected chi connectivity index (χ3v) is 5.57. The van der Waals surface area contributed by atoms with Gasteiger partial charge in [0.1, 0.15) is 0 Å². The van der Waals surface area contributed by atoms with E-state index in [0.29, 0.717) is 23.1 Å². The van der Waals surface area contributed by atoms with Crippen LogP contribution in [-0.4, -0.2) is 22.3 Å². The monoisotopic (exact) mass is 412 g/mol. The maximum atomic E-state index is 10.7. The van der Waals surface area contributed by atoms with Crippen molar-refractivity contribution in [1.29, 1.82) is 0 Å². The van der Waals surface area contributed by atoms with Crippen LogP contribution in [0.15, 0.2) is 54.6 Å². The van der Waals surface area contributed by atoms with E-state index in [2.05, 4.69) is 41.9 Å². The molecule has 2 N–H and O–H groups in total. The van der Waals surface area contributed by atoms with Crippen LogP contribution in [0.2, 0.25) is 10.0 Å². The highest BCUT2D eigenvalue weighted by Gasteiger charge is 2.15. The van der Waals surface area contributed by atoms with Crippen LogP contribution < -0.4 is 5.32 Å². The van der Waals surface area contributed by atoms with Gasteiger partial charge in [-0.15, -0.1) is 0 Å². The number of nitrogens with zero attached hydrogens (tertiary/aromatic N) is 1. The second-order valence-electron chi connectivity index (χ2n) is 7.29. The zero-order chi connectivity index (χ0) is 19.8. The van der Waals surface area contributed by atoms with Gasteiger partial charge < -0.3 is 15.0 Å². The SMILES string of the molecule is Cc1ccc(C)c(NCC(O)Cn2c3ccc(Cl)cc3c3cc(Cl)ccc32)c1. The quantitative estimate of drug-likeness (QED) is 0.409. The molecule has 5 heteroatoms. The van der Waals surface area contributed by atoms with Gasteiger partial charge in [0.15, 0.2) is 0 Å². The highest BCUT2D eigenvalue weighted by Crippen LogP contribution is 2.33. The molecule has 0 saturated heterocycles. The number of hydrogen-bond donors (Lipinski definition) is 2. The zero-order valence-corrected chi connectivity index (χ0v) is 17.3. The molecule has 3 nitrogen and oxygen atoms in total. The minimum atomic E-state index is -0.551. The minimum Gasteiger partial charge on any atom is -0.389 e.